The van der Waals surface area contributed by atoms with Crippen LogP contribution in [0.15, 0.2) is 18.2 Å². The monoisotopic (exact) mass is 379 g/mol. The maximum Gasteiger partial charge on any atom is 0.325 e. The van der Waals surface area contributed by atoms with Crippen molar-refractivity contribution in [1.82, 2.24) is 15.5 Å². The second-order valence-corrected chi connectivity index (χ2v) is 7.60. The van der Waals surface area contributed by atoms with Gasteiger partial charge < -0.3 is 10.6 Å². The van der Waals surface area contributed by atoms with E-state index in [1.54, 1.807) is 0 Å². The Labute approximate surface area is 156 Å². The summed E-state index contributed by atoms with van der Waals surface area (Å²) >= 11 is 0. The Kier molecular flexibility index (Phi) is 5.17. The lowest BCUT2D eigenvalue weighted by Crippen LogP contribution is -2.46. The second kappa shape index (κ2) is 7.25. The molecule has 4 amide bonds. The van der Waals surface area contributed by atoms with Crippen molar-refractivity contribution in [2.45, 2.75) is 51.1 Å². The number of hydrogen-bond donors (Lipinski definition) is 2. The molecular weight excluding hydrogens is 356 g/mol. The number of carbonyl (C=O) groups is 3. The zero-order chi connectivity index (χ0) is 19.8. The Morgan fingerprint density at radius 1 is 1.22 bits per heavy atom. The van der Waals surface area contributed by atoms with Gasteiger partial charge in [0.15, 0.2) is 11.6 Å². The molecule has 1 aromatic carbocycles. The third kappa shape index (κ3) is 3.79. The summed E-state index contributed by atoms with van der Waals surface area (Å²) in [6, 6.07) is 2.32. The van der Waals surface area contributed by atoms with Crippen LogP contribution in [0, 0.1) is 17.6 Å². The van der Waals surface area contributed by atoms with Crippen molar-refractivity contribution in [3.63, 3.8) is 0 Å². The molecule has 1 saturated carbocycles. The SMILES string of the molecule is CC1CCC(NC(=O)CN2C(=O)NC(C)(c3ccc(F)c(F)c3)C2=O)CC1. The fourth-order valence-electron chi connectivity index (χ4n) is 3.66. The molecule has 27 heavy (non-hydrogen) atoms. The van der Waals surface area contributed by atoms with Crippen LogP contribution in [-0.4, -0.2) is 35.3 Å². The largest absolute Gasteiger partial charge is 0.352 e. The van der Waals surface area contributed by atoms with Gasteiger partial charge in [-0.1, -0.05) is 13.0 Å². The predicted molar refractivity (Wildman–Crippen MR) is 93.5 cm³/mol. The van der Waals surface area contributed by atoms with E-state index in [2.05, 4.69) is 17.6 Å². The summed E-state index contributed by atoms with van der Waals surface area (Å²) in [5, 5.41) is 5.34. The molecule has 1 aromatic rings. The first-order valence-corrected chi connectivity index (χ1v) is 9.09. The van der Waals surface area contributed by atoms with Crippen molar-refractivity contribution in [3.05, 3.63) is 35.4 Å². The molecule has 3 rings (SSSR count). The predicted octanol–water partition coefficient (Wildman–Crippen LogP) is 2.43. The first kappa shape index (κ1) is 19.3. The molecule has 146 valence electrons. The molecule has 0 aromatic heterocycles. The number of urea groups is 1. The van der Waals surface area contributed by atoms with E-state index in [0.717, 1.165) is 42.7 Å². The van der Waals surface area contributed by atoms with Crippen LogP contribution in [0.1, 0.15) is 45.1 Å². The maximum atomic E-state index is 13.5. The Morgan fingerprint density at radius 3 is 2.52 bits per heavy atom. The van der Waals surface area contributed by atoms with Crippen LogP contribution in [0.5, 0.6) is 0 Å². The minimum absolute atomic E-state index is 0.0482. The molecule has 0 radical (unpaired) electrons. The molecule has 2 aliphatic rings. The highest BCUT2D eigenvalue weighted by atomic mass is 19.2. The average Bonchev–Trinajstić information content (AvgIpc) is 2.83. The number of benzene rings is 1. The first-order valence-electron chi connectivity index (χ1n) is 9.09. The first-order chi connectivity index (χ1) is 12.7. The van der Waals surface area contributed by atoms with Crippen LogP contribution in [0.4, 0.5) is 13.6 Å². The number of halogens is 2. The van der Waals surface area contributed by atoms with Crippen LogP contribution in [0.2, 0.25) is 0 Å². The molecule has 1 aliphatic heterocycles. The minimum Gasteiger partial charge on any atom is -0.352 e. The Bertz CT molecular complexity index is 777. The Morgan fingerprint density at radius 2 is 1.89 bits per heavy atom. The summed E-state index contributed by atoms with van der Waals surface area (Å²) in [5.74, 6) is -2.60. The molecule has 1 unspecified atom stereocenters. The van der Waals surface area contributed by atoms with Gasteiger partial charge in [-0.15, -0.1) is 0 Å². The highest BCUT2D eigenvalue weighted by Crippen LogP contribution is 2.30. The number of nitrogens with one attached hydrogen (secondary N) is 2. The zero-order valence-corrected chi connectivity index (χ0v) is 15.4. The van der Waals surface area contributed by atoms with Crippen molar-refractivity contribution >= 4 is 17.8 Å². The summed E-state index contributed by atoms with van der Waals surface area (Å²) in [4.78, 5) is 38.1. The molecule has 0 bridgehead atoms. The van der Waals surface area contributed by atoms with Gasteiger partial charge in [0.2, 0.25) is 5.91 Å². The van der Waals surface area contributed by atoms with E-state index in [9.17, 15) is 23.2 Å². The summed E-state index contributed by atoms with van der Waals surface area (Å²) in [7, 11) is 0. The standard InChI is InChI=1S/C19H23F2N3O3/c1-11-3-6-13(7-4-11)22-16(25)10-24-17(26)19(2,23-18(24)27)12-5-8-14(20)15(21)9-12/h5,8-9,11,13H,3-4,6-7,10H2,1-2H3,(H,22,25)(H,23,27). The van der Waals surface area contributed by atoms with Gasteiger partial charge in [-0.25, -0.2) is 13.6 Å². The lowest BCUT2D eigenvalue weighted by Gasteiger charge is -2.27. The van der Waals surface area contributed by atoms with Gasteiger partial charge in [0, 0.05) is 6.04 Å². The van der Waals surface area contributed by atoms with Crippen molar-refractivity contribution in [2.24, 2.45) is 5.92 Å². The van der Waals surface area contributed by atoms with Crippen molar-refractivity contribution in [2.75, 3.05) is 6.54 Å². The zero-order valence-electron chi connectivity index (χ0n) is 15.4. The van der Waals surface area contributed by atoms with Crippen LogP contribution in [0.3, 0.4) is 0 Å². The fourth-order valence-corrected chi connectivity index (χ4v) is 3.66. The van der Waals surface area contributed by atoms with E-state index in [1.165, 1.54) is 13.0 Å². The lowest BCUT2D eigenvalue weighted by atomic mass is 9.87. The third-order valence-electron chi connectivity index (χ3n) is 5.45. The van der Waals surface area contributed by atoms with Crippen LogP contribution < -0.4 is 10.6 Å². The van der Waals surface area contributed by atoms with E-state index in [-0.39, 0.29) is 11.6 Å². The van der Waals surface area contributed by atoms with Crippen molar-refractivity contribution in [3.8, 4) is 0 Å². The van der Waals surface area contributed by atoms with Gasteiger partial charge in [0.25, 0.3) is 5.91 Å². The van der Waals surface area contributed by atoms with E-state index in [0.29, 0.717) is 5.92 Å². The van der Waals surface area contributed by atoms with Gasteiger partial charge in [0.05, 0.1) is 0 Å². The minimum atomic E-state index is -1.55. The number of hydrogen-bond acceptors (Lipinski definition) is 3. The van der Waals surface area contributed by atoms with Gasteiger partial charge in [-0.2, -0.15) is 0 Å². The highest BCUT2D eigenvalue weighted by molar-refractivity contribution is 6.09. The summed E-state index contributed by atoms with van der Waals surface area (Å²) in [6.07, 6.45) is 3.81. The lowest BCUT2D eigenvalue weighted by molar-refractivity contribution is -0.135. The van der Waals surface area contributed by atoms with Crippen molar-refractivity contribution in [1.29, 1.82) is 0 Å². The molecule has 1 saturated heterocycles. The number of amides is 4. The van der Waals surface area contributed by atoms with E-state index >= 15 is 0 Å². The molecule has 1 heterocycles. The second-order valence-electron chi connectivity index (χ2n) is 7.60. The number of nitrogens with zero attached hydrogens (tertiary/aromatic N) is 1. The molecular formula is C19H23F2N3O3. The summed E-state index contributed by atoms with van der Waals surface area (Å²) < 4.78 is 26.7. The van der Waals surface area contributed by atoms with Gasteiger partial charge in [0.1, 0.15) is 12.1 Å². The Hall–Kier alpha value is -2.51. The van der Waals surface area contributed by atoms with Gasteiger partial charge >= 0.3 is 6.03 Å². The molecule has 0 spiro atoms. The van der Waals surface area contributed by atoms with E-state index < -0.39 is 41.6 Å². The topological polar surface area (TPSA) is 78.5 Å². The Balaban J connectivity index is 1.68. The van der Waals surface area contributed by atoms with Gasteiger partial charge in [-0.3, -0.25) is 14.5 Å². The normalized spacial score (nSPS) is 28.2. The number of carbonyl (C=O) groups excluding carboxylic acids is 3. The van der Waals surface area contributed by atoms with Crippen LogP contribution in [0.25, 0.3) is 0 Å². The molecule has 2 N–H and O–H groups in total. The number of imide groups is 1. The van der Waals surface area contributed by atoms with Gasteiger partial charge in [-0.05, 0) is 56.2 Å². The maximum absolute atomic E-state index is 13.5. The molecule has 8 heteroatoms. The fraction of sp³-hybridized carbons (Fsp3) is 0.526. The van der Waals surface area contributed by atoms with Crippen LogP contribution in [-0.2, 0) is 15.1 Å². The van der Waals surface area contributed by atoms with Crippen molar-refractivity contribution < 1.29 is 23.2 Å². The summed E-state index contributed by atoms with van der Waals surface area (Å²) in [6.45, 7) is 3.17. The summed E-state index contributed by atoms with van der Waals surface area (Å²) in [5.41, 5.74) is -1.43. The molecule has 1 aliphatic carbocycles. The van der Waals surface area contributed by atoms with Crippen LogP contribution >= 0.6 is 0 Å². The smallest absolute Gasteiger partial charge is 0.325 e. The third-order valence-corrected chi connectivity index (χ3v) is 5.45. The van der Waals surface area contributed by atoms with E-state index in [1.807, 2.05) is 0 Å². The average molecular weight is 379 g/mol. The molecule has 1 atom stereocenters. The molecule has 2 fully saturated rings. The molecule has 6 nitrogen and oxygen atoms in total. The van der Waals surface area contributed by atoms with E-state index in [4.69, 9.17) is 0 Å². The number of rotatable bonds is 4. The highest BCUT2D eigenvalue weighted by Gasteiger charge is 2.49. The quantitative estimate of drug-likeness (QED) is 0.789.